The first-order chi connectivity index (χ1) is 9.44. The fourth-order valence-corrected chi connectivity index (χ4v) is 1.36. The van der Waals surface area contributed by atoms with E-state index in [0.717, 1.165) is 7.11 Å². The third-order valence-corrected chi connectivity index (χ3v) is 2.07. The molecule has 0 atom stereocenters. The molecule has 1 rings (SSSR count). The van der Waals surface area contributed by atoms with Crippen LogP contribution < -0.4 is 9.47 Å². The van der Waals surface area contributed by atoms with Crippen LogP contribution in [-0.4, -0.2) is 29.5 Å². The van der Waals surface area contributed by atoms with Gasteiger partial charge in [0.2, 0.25) is 5.88 Å². The molecule has 0 saturated heterocycles. The van der Waals surface area contributed by atoms with Gasteiger partial charge in [0.05, 0.1) is 19.2 Å². The van der Waals surface area contributed by atoms with E-state index in [1.807, 2.05) is 0 Å². The zero-order chi connectivity index (χ0) is 16.4. The second-order valence-electron chi connectivity index (χ2n) is 3.61. The number of nitrogens with zero attached hydrogens (tertiary/aromatic N) is 1. The molecule has 11 heteroatoms. The SMILES string of the molecule is COc1nc(CC(=O)O)c(OC(F)(F)F)cc1C(F)(F)F. The Morgan fingerprint density at radius 3 is 2.24 bits per heavy atom. The lowest BCUT2D eigenvalue weighted by atomic mass is 10.2. The highest BCUT2D eigenvalue weighted by Gasteiger charge is 2.39. The number of ether oxygens (including phenoxy) is 2. The van der Waals surface area contributed by atoms with Gasteiger partial charge in [0.15, 0.2) is 5.75 Å². The van der Waals surface area contributed by atoms with E-state index < -0.39 is 47.8 Å². The summed E-state index contributed by atoms with van der Waals surface area (Å²) in [5.41, 5.74) is -2.46. The van der Waals surface area contributed by atoms with Gasteiger partial charge >= 0.3 is 18.5 Å². The summed E-state index contributed by atoms with van der Waals surface area (Å²) in [5, 5.41) is 8.54. The van der Waals surface area contributed by atoms with Crippen LogP contribution >= 0.6 is 0 Å². The summed E-state index contributed by atoms with van der Waals surface area (Å²) in [6, 6.07) is -0.00238. The zero-order valence-corrected chi connectivity index (χ0v) is 10.2. The predicted octanol–water partition coefficient (Wildman–Crippen LogP) is 2.63. The third kappa shape index (κ3) is 4.68. The van der Waals surface area contributed by atoms with E-state index in [1.54, 1.807) is 0 Å². The minimum atomic E-state index is -5.30. The molecule has 1 N–H and O–H groups in total. The smallest absolute Gasteiger partial charge is 0.481 e. The summed E-state index contributed by atoms with van der Waals surface area (Å²) in [5.74, 6) is -4.00. The molecule has 5 nitrogen and oxygen atoms in total. The van der Waals surface area contributed by atoms with Gasteiger partial charge in [0, 0.05) is 6.07 Å². The first-order valence-electron chi connectivity index (χ1n) is 5.06. The van der Waals surface area contributed by atoms with Gasteiger partial charge in [-0.2, -0.15) is 13.2 Å². The Hall–Kier alpha value is -2.20. The van der Waals surface area contributed by atoms with E-state index in [4.69, 9.17) is 5.11 Å². The largest absolute Gasteiger partial charge is 0.573 e. The maximum Gasteiger partial charge on any atom is 0.573 e. The molecule has 1 aromatic rings. The van der Waals surface area contributed by atoms with Crippen molar-refractivity contribution in [1.29, 1.82) is 0 Å². The van der Waals surface area contributed by atoms with Crippen LogP contribution in [0.5, 0.6) is 11.6 Å². The van der Waals surface area contributed by atoms with Crippen LogP contribution in [0.2, 0.25) is 0 Å². The highest BCUT2D eigenvalue weighted by Crippen LogP contribution is 2.39. The maximum absolute atomic E-state index is 12.7. The van der Waals surface area contributed by atoms with Gasteiger partial charge < -0.3 is 14.6 Å². The molecule has 118 valence electrons. The van der Waals surface area contributed by atoms with Crippen LogP contribution in [0.25, 0.3) is 0 Å². The first kappa shape index (κ1) is 16.9. The summed E-state index contributed by atoms with van der Waals surface area (Å²) in [6.45, 7) is 0. The van der Waals surface area contributed by atoms with Gasteiger partial charge in [-0.15, -0.1) is 13.2 Å². The Kier molecular flexibility index (Phi) is 4.54. The molecule has 0 saturated carbocycles. The number of methoxy groups -OCH3 is 1. The lowest BCUT2D eigenvalue weighted by molar-refractivity contribution is -0.275. The van der Waals surface area contributed by atoms with Crippen LogP contribution in [0.3, 0.4) is 0 Å². The number of carboxylic acids is 1. The van der Waals surface area contributed by atoms with E-state index in [9.17, 15) is 31.1 Å². The third-order valence-electron chi connectivity index (χ3n) is 2.07. The van der Waals surface area contributed by atoms with Crippen molar-refractivity contribution in [2.75, 3.05) is 7.11 Å². The number of hydrogen-bond donors (Lipinski definition) is 1. The second kappa shape index (κ2) is 5.66. The Morgan fingerprint density at radius 2 is 1.86 bits per heavy atom. The Labute approximate surface area is 113 Å². The number of carbonyl (C=O) groups is 1. The highest BCUT2D eigenvalue weighted by molar-refractivity contribution is 5.70. The van der Waals surface area contributed by atoms with Gasteiger partial charge in [-0.25, -0.2) is 4.98 Å². The Balaban J connectivity index is 3.45. The molecule has 0 unspecified atom stereocenters. The molecule has 0 aromatic carbocycles. The Morgan fingerprint density at radius 1 is 1.29 bits per heavy atom. The van der Waals surface area contributed by atoms with Crippen molar-refractivity contribution >= 4 is 5.97 Å². The molecule has 0 bridgehead atoms. The molecule has 0 spiro atoms. The number of halogens is 6. The van der Waals surface area contributed by atoms with Gasteiger partial charge in [0.1, 0.15) is 5.56 Å². The molecule has 1 heterocycles. The van der Waals surface area contributed by atoms with E-state index in [1.165, 1.54) is 0 Å². The van der Waals surface area contributed by atoms with Crippen molar-refractivity contribution in [3.05, 3.63) is 17.3 Å². The lowest BCUT2D eigenvalue weighted by Gasteiger charge is -2.16. The summed E-state index contributed by atoms with van der Waals surface area (Å²) in [7, 11) is 0.812. The van der Waals surface area contributed by atoms with E-state index >= 15 is 0 Å². The van der Waals surface area contributed by atoms with Crippen LogP contribution in [0.1, 0.15) is 11.3 Å². The fraction of sp³-hybridized carbons (Fsp3) is 0.400. The minimum Gasteiger partial charge on any atom is -0.481 e. The van der Waals surface area contributed by atoms with Crippen molar-refractivity contribution in [3.8, 4) is 11.6 Å². The summed E-state index contributed by atoms with van der Waals surface area (Å²) in [4.78, 5) is 13.7. The number of hydrogen-bond acceptors (Lipinski definition) is 4. The summed E-state index contributed by atoms with van der Waals surface area (Å²) in [6.07, 6.45) is -11.4. The van der Waals surface area contributed by atoms with Gasteiger partial charge in [-0.05, 0) is 0 Å². The van der Waals surface area contributed by atoms with Crippen molar-refractivity contribution in [2.24, 2.45) is 0 Å². The maximum atomic E-state index is 12.7. The van der Waals surface area contributed by atoms with Crippen molar-refractivity contribution in [1.82, 2.24) is 4.98 Å². The molecule has 0 aliphatic rings. The monoisotopic (exact) mass is 319 g/mol. The average Bonchev–Trinajstić information content (AvgIpc) is 2.26. The fourth-order valence-electron chi connectivity index (χ4n) is 1.36. The quantitative estimate of drug-likeness (QED) is 0.864. The lowest BCUT2D eigenvalue weighted by Crippen LogP contribution is -2.21. The molecule has 21 heavy (non-hydrogen) atoms. The second-order valence-corrected chi connectivity index (χ2v) is 3.61. The van der Waals surface area contributed by atoms with Crippen LogP contribution in [0.15, 0.2) is 6.07 Å². The molecule has 0 aliphatic heterocycles. The highest BCUT2D eigenvalue weighted by atomic mass is 19.4. The van der Waals surface area contributed by atoms with Crippen molar-refractivity contribution < 1.29 is 45.7 Å². The molecule has 1 aromatic heterocycles. The number of aromatic nitrogens is 1. The van der Waals surface area contributed by atoms with E-state index in [-0.39, 0.29) is 6.07 Å². The molecular formula is C10H7F6NO4. The summed E-state index contributed by atoms with van der Waals surface area (Å²) < 4.78 is 82.2. The topological polar surface area (TPSA) is 68.7 Å². The standard InChI is InChI=1S/C10H7F6NO4/c1-20-8-4(9(11,12)13)2-6(21-10(14,15)16)5(17-8)3-7(18)19/h2H,3H2,1H3,(H,18,19). The zero-order valence-electron chi connectivity index (χ0n) is 10.2. The van der Waals surface area contributed by atoms with Crippen LogP contribution in [-0.2, 0) is 17.4 Å². The molecule has 0 amide bonds. The molecule has 0 radical (unpaired) electrons. The molecule has 0 aliphatic carbocycles. The van der Waals surface area contributed by atoms with Gasteiger partial charge in [-0.1, -0.05) is 0 Å². The van der Waals surface area contributed by atoms with E-state index in [2.05, 4.69) is 14.5 Å². The summed E-state index contributed by atoms with van der Waals surface area (Å²) >= 11 is 0. The normalized spacial score (nSPS) is 12.1. The molecular weight excluding hydrogens is 312 g/mol. The first-order valence-corrected chi connectivity index (χ1v) is 5.06. The van der Waals surface area contributed by atoms with E-state index in [0.29, 0.717) is 0 Å². The van der Waals surface area contributed by atoms with Crippen molar-refractivity contribution in [3.63, 3.8) is 0 Å². The number of carboxylic acid groups (broad SMARTS) is 1. The van der Waals surface area contributed by atoms with Crippen molar-refractivity contribution in [2.45, 2.75) is 19.0 Å². The van der Waals surface area contributed by atoms with Gasteiger partial charge in [0.25, 0.3) is 0 Å². The van der Waals surface area contributed by atoms with Crippen LogP contribution in [0.4, 0.5) is 26.3 Å². The number of pyridine rings is 1. The number of alkyl halides is 6. The number of aliphatic carboxylic acids is 1. The van der Waals surface area contributed by atoms with Gasteiger partial charge in [-0.3, -0.25) is 4.79 Å². The predicted molar refractivity (Wildman–Crippen MR) is 53.8 cm³/mol. The molecule has 0 fully saturated rings. The Bertz CT molecular complexity index is 540. The minimum absolute atomic E-state index is 0.00238. The average molecular weight is 319 g/mol. The number of rotatable bonds is 4. The van der Waals surface area contributed by atoms with Crippen LogP contribution in [0, 0.1) is 0 Å².